The zero-order chi connectivity index (χ0) is 24.4. The predicted octanol–water partition coefficient (Wildman–Crippen LogP) is 4.30. The van der Waals surface area contributed by atoms with Crippen molar-refractivity contribution >= 4 is 29.5 Å². The van der Waals surface area contributed by atoms with E-state index in [9.17, 15) is 27.6 Å². The van der Waals surface area contributed by atoms with Crippen molar-refractivity contribution in [1.82, 2.24) is 9.88 Å². The first kappa shape index (κ1) is 23.8. The summed E-state index contributed by atoms with van der Waals surface area (Å²) in [6.07, 6.45) is -4.10. The van der Waals surface area contributed by atoms with Crippen molar-refractivity contribution in [1.29, 1.82) is 0 Å². The quantitative estimate of drug-likeness (QED) is 0.638. The van der Waals surface area contributed by atoms with Crippen LogP contribution in [0.2, 0.25) is 0 Å². The summed E-state index contributed by atoms with van der Waals surface area (Å²) in [7, 11) is 0. The molecule has 1 N–H and O–H groups in total. The van der Waals surface area contributed by atoms with Gasteiger partial charge in [0.2, 0.25) is 0 Å². The molecule has 1 aliphatic heterocycles. The molecule has 0 spiro atoms. The fourth-order valence-electron chi connectivity index (χ4n) is 3.22. The van der Waals surface area contributed by atoms with Crippen LogP contribution in [0.1, 0.15) is 26.3 Å². The molecule has 12 heteroatoms. The average molecular weight is 466 g/mol. The van der Waals surface area contributed by atoms with E-state index in [0.29, 0.717) is 5.56 Å². The third-order valence-electron chi connectivity index (χ3n) is 4.82. The number of carbonyl (C=O) groups is 3. The summed E-state index contributed by atoms with van der Waals surface area (Å²) in [6, 6.07) is 6.96. The number of rotatable bonds is 6. The summed E-state index contributed by atoms with van der Waals surface area (Å²) >= 11 is 0. The van der Waals surface area contributed by atoms with Crippen molar-refractivity contribution in [3.63, 3.8) is 0 Å². The number of alkyl halides is 3. The van der Waals surface area contributed by atoms with Crippen molar-refractivity contribution in [2.45, 2.75) is 39.2 Å². The summed E-state index contributed by atoms with van der Waals surface area (Å²) in [4.78, 5) is 44.0. The Hall–Kier alpha value is -3.83. The highest BCUT2D eigenvalue weighted by Crippen LogP contribution is 2.34. The van der Waals surface area contributed by atoms with Crippen LogP contribution in [0.25, 0.3) is 0 Å². The minimum atomic E-state index is -4.86. The van der Waals surface area contributed by atoms with Crippen LogP contribution in [0.4, 0.5) is 34.3 Å². The highest BCUT2D eigenvalue weighted by Gasteiger charge is 2.51. The number of hydrogen-bond donors (Lipinski definition) is 1. The molecule has 2 heterocycles. The number of nitrogens with zero attached hydrogens (tertiary/aromatic N) is 3. The van der Waals surface area contributed by atoms with E-state index in [0.717, 1.165) is 17.0 Å². The Bertz CT molecular complexity index is 1060. The predicted molar refractivity (Wildman–Crippen MR) is 111 cm³/mol. The molecular weight excluding hydrogens is 445 g/mol. The fraction of sp³-hybridized carbons (Fsp3) is 0.333. The van der Waals surface area contributed by atoms with Gasteiger partial charge in [0, 0.05) is 12.7 Å². The van der Waals surface area contributed by atoms with Gasteiger partial charge in [0.1, 0.15) is 17.1 Å². The lowest BCUT2D eigenvalue weighted by Gasteiger charge is -2.27. The zero-order valence-corrected chi connectivity index (χ0v) is 18.0. The van der Waals surface area contributed by atoms with Crippen LogP contribution in [-0.4, -0.2) is 46.4 Å². The van der Waals surface area contributed by atoms with Crippen LogP contribution in [0.15, 0.2) is 42.6 Å². The molecule has 33 heavy (non-hydrogen) atoms. The maximum atomic E-state index is 13.1. The molecule has 0 saturated carbocycles. The number of pyridine rings is 1. The molecule has 9 nitrogen and oxygen atoms in total. The van der Waals surface area contributed by atoms with Gasteiger partial charge in [0.25, 0.3) is 5.91 Å². The Kier molecular flexibility index (Phi) is 6.47. The zero-order valence-electron chi connectivity index (χ0n) is 18.0. The van der Waals surface area contributed by atoms with Crippen molar-refractivity contribution in [3.8, 4) is 5.75 Å². The summed E-state index contributed by atoms with van der Waals surface area (Å²) in [5.74, 6) is -0.811. The van der Waals surface area contributed by atoms with Crippen molar-refractivity contribution < 1.29 is 37.0 Å². The smallest absolute Gasteiger partial charge is 0.450 e. The number of aromatic nitrogens is 1. The van der Waals surface area contributed by atoms with Crippen molar-refractivity contribution in [3.05, 3.63) is 48.2 Å². The third-order valence-corrected chi connectivity index (χ3v) is 4.82. The van der Waals surface area contributed by atoms with Crippen molar-refractivity contribution in [2.75, 3.05) is 16.8 Å². The molecule has 0 unspecified atom stereocenters. The van der Waals surface area contributed by atoms with E-state index in [1.54, 1.807) is 26.8 Å². The Morgan fingerprint density at radius 1 is 1.15 bits per heavy atom. The first-order valence-electron chi connectivity index (χ1n) is 9.83. The SMILES string of the molecule is CCOC(=O)Nc1cc(CN2C(=O)N(c3ccc(OC(F)(F)F)cc3)C(=O)C2(C)C)ccn1. The molecule has 0 atom stereocenters. The van der Waals surface area contributed by atoms with E-state index in [1.165, 1.54) is 29.3 Å². The highest BCUT2D eigenvalue weighted by molar-refractivity contribution is 6.22. The number of halogens is 3. The molecule has 1 aromatic heterocycles. The van der Waals surface area contributed by atoms with Gasteiger partial charge in [-0.1, -0.05) is 0 Å². The summed E-state index contributed by atoms with van der Waals surface area (Å²) in [5, 5.41) is 2.46. The minimum absolute atomic E-state index is 0.0172. The number of ether oxygens (including phenoxy) is 2. The Labute approximate surface area is 187 Å². The minimum Gasteiger partial charge on any atom is -0.450 e. The van der Waals surface area contributed by atoms with E-state index in [2.05, 4.69) is 15.0 Å². The summed E-state index contributed by atoms with van der Waals surface area (Å²) < 4.78 is 45.8. The molecule has 176 valence electrons. The van der Waals surface area contributed by atoms with E-state index in [4.69, 9.17) is 4.74 Å². The second kappa shape index (κ2) is 8.96. The molecule has 0 radical (unpaired) electrons. The molecule has 1 fully saturated rings. The van der Waals surface area contributed by atoms with Gasteiger partial charge in [-0.2, -0.15) is 0 Å². The molecule has 1 aliphatic rings. The first-order chi connectivity index (χ1) is 15.4. The normalized spacial score (nSPS) is 15.6. The van der Waals surface area contributed by atoms with Crippen molar-refractivity contribution in [2.24, 2.45) is 0 Å². The standard InChI is InChI=1S/C21H21F3N4O5/c1-4-32-18(30)26-16-11-13(9-10-25-16)12-27-19(31)28(17(29)20(27,2)3)14-5-7-15(8-6-14)33-21(22,23)24/h5-11H,4,12H2,1-3H3,(H,25,26,30). The number of amides is 4. The number of urea groups is 1. The second-order valence-electron chi connectivity index (χ2n) is 7.50. The number of anilines is 2. The lowest BCUT2D eigenvalue weighted by molar-refractivity contribution is -0.274. The van der Waals surface area contributed by atoms with E-state index >= 15 is 0 Å². The molecule has 3 rings (SSSR count). The maximum absolute atomic E-state index is 13.1. The molecule has 4 amide bonds. The number of nitrogens with one attached hydrogen (secondary N) is 1. The van der Waals surface area contributed by atoms with Gasteiger partial charge in [-0.25, -0.2) is 19.5 Å². The van der Waals surface area contributed by atoms with Crippen LogP contribution in [0, 0.1) is 0 Å². The van der Waals surface area contributed by atoms with Gasteiger partial charge in [0.05, 0.1) is 12.3 Å². The number of imide groups is 1. The van der Waals surface area contributed by atoms with E-state index < -0.39 is 35.7 Å². The van der Waals surface area contributed by atoms with Crippen LogP contribution >= 0.6 is 0 Å². The maximum Gasteiger partial charge on any atom is 0.573 e. The number of benzene rings is 1. The molecule has 1 saturated heterocycles. The molecule has 1 aromatic carbocycles. The Morgan fingerprint density at radius 2 is 1.82 bits per heavy atom. The first-order valence-corrected chi connectivity index (χ1v) is 9.83. The third kappa shape index (κ3) is 5.33. The molecule has 0 aliphatic carbocycles. The largest absolute Gasteiger partial charge is 0.573 e. The fourth-order valence-corrected chi connectivity index (χ4v) is 3.22. The van der Waals surface area contributed by atoms with Crippen LogP contribution < -0.4 is 15.0 Å². The molecule has 0 bridgehead atoms. The van der Waals surface area contributed by atoms with E-state index in [1.807, 2.05) is 0 Å². The van der Waals surface area contributed by atoms with Gasteiger partial charge >= 0.3 is 18.5 Å². The topological polar surface area (TPSA) is 101 Å². The highest BCUT2D eigenvalue weighted by atomic mass is 19.4. The van der Waals surface area contributed by atoms with Crippen LogP contribution in [0.3, 0.4) is 0 Å². The van der Waals surface area contributed by atoms with Crippen LogP contribution in [0.5, 0.6) is 5.75 Å². The van der Waals surface area contributed by atoms with Gasteiger partial charge in [0.15, 0.2) is 0 Å². The Balaban J connectivity index is 1.80. The summed E-state index contributed by atoms with van der Waals surface area (Å²) in [5.41, 5.74) is -0.549. The molecule has 2 aromatic rings. The van der Waals surface area contributed by atoms with E-state index in [-0.39, 0.29) is 24.7 Å². The molecular formula is C21H21F3N4O5. The Morgan fingerprint density at radius 3 is 2.42 bits per heavy atom. The monoisotopic (exact) mass is 466 g/mol. The number of hydrogen-bond acceptors (Lipinski definition) is 6. The average Bonchev–Trinajstić information content (AvgIpc) is 2.88. The van der Waals surface area contributed by atoms with Gasteiger partial charge in [-0.3, -0.25) is 10.1 Å². The van der Waals surface area contributed by atoms with Gasteiger partial charge in [-0.15, -0.1) is 13.2 Å². The van der Waals surface area contributed by atoms with Gasteiger partial charge in [-0.05, 0) is 62.7 Å². The van der Waals surface area contributed by atoms with Gasteiger partial charge < -0.3 is 14.4 Å². The van der Waals surface area contributed by atoms with Crippen LogP contribution in [-0.2, 0) is 16.1 Å². The lowest BCUT2D eigenvalue weighted by Crippen LogP contribution is -2.43. The number of carbonyl (C=O) groups excluding carboxylic acids is 3. The second-order valence-corrected chi connectivity index (χ2v) is 7.50. The summed E-state index contributed by atoms with van der Waals surface area (Å²) in [6.45, 7) is 4.98. The lowest BCUT2D eigenvalue weighted by atomic mass is 10.0.